The summed E-state index contributed by atoms with van der Waals surface area (Å²) in [5.74, 6) is 1.19. The van der Waals surface area contributed by atoms with Crippen LogP contribution in [0, 0.1) is 0 Å². The maximum absolute atomic E-state index is 6.45. The van der Waals surface area contributed by atoms with E-state index in [2.05, 4.69) is 6.07 Å². The Morgan fingerprint density at radius 2 is 2.05 bits per heavy atom. The van der Waals surface area contributed by atoms with E-state index in [0.29, 0.717) is 16.5 Å². The molecule has 112 valence electrons. The molecule has 0 aliphatic heterocycles. The van der Waals surface area contributed by atoms with E-state index < -0.39 is 0 Å². The first-order valence-corrected chi connectivity index (χ1v) is 8.12. The predicted octanol–water partition coefficient (Wildman–Crippen LogP) is 3.96. The molecule has 0 saturated heterocycles. The van der Waals surface area contributed by atoms with Gasteiger partial charge in [0.25, 0.3) is 0 Å². The highest BCUT2D eigenvalue weighted by Crippen LogP contribution is 2.42. The van der Waals surface area contributed by atoms with Crippen molar-refractivity contribution in [2.45, 2.75) is 25.3 Å². The van der Waals surface area contributed by atoms with Crippen molar-refractivity contribution >= 4 is 22.9 Å². The number of aryl methyl sites for hydroxylation is 2. The number of benzene rings is 1. The van der Waals surface area contributed by atoms with Crippen LogP contribution in [-0.2, 0) is 12.8 Å². The van der Waals surface area contributed by atoms with E-state index in [0.717, 1.165) is 5.56 Å². The van der Waals surface area contributed by atoms with Crippen LogP contribution >= 0.6 is 22.9 Å². The Kier molecular flexibility index (Phi) is 4.11. The summed E-state index contributed by atoms with van der Waals surface area (Å²) in [6.07, 6.45) is 3.60. The van der Waals surface area contributed by atoms with Crippen LogP contribution in [-0.4, -0.2) is 14.2 Å². The predicted molar refractivity (Wildman–Crippen MR) is 86.9 cm³/mol. The lowest BCUT2D eigenvalue weighted by atomic mass is 10.0. The Morgan fingerprint density at radius 3 is 2.71 bits per heavy atom. The Morgan fingerprint density at radius 1 is 1.24 bits per heavy atom. The van der Waals surface area contributed by atoms with E-state index >= 15 is 0 Å². The molecule has 2 aromatic rings. The molecule has 1 unspecified atom stereocenters. The van der Waals surface area contributed by atoms with E-state index in [1.54, 1.807) is 25.6 Å². The summed E-state index contributed by atoms with van der Waals surface area (Å²) in [5.41, 5.74) is 8.79. The van der Waals surface area contributed by atoms with Crippen LogP contribution < -0.4 is 15.2 Å². The van der Waals surface area contributed by atoms with Crippen LogP contribution in [0.25, 0.3) is 0 Å². The average molecular weight is 324 g/mol. The summed E-state index contributed by atoms with van der Waals surface area (Å²) in [5, 5.41) is 0.469. The molecule has 1 aromatic heterocycles. The van der Waals surface area contributed by atoms with Crippen molar-refractivity contribution in [2.75, 3.05) is 14.2 Å². The molecule has 3 rings (SSSR count). The van der Waals surface area contributed by atoms with Gasteiger partial charge in [0.15, 0.2) is 0 Å². The Balaban J connectivity index is 2.00. The minimum Gasteiger partial charge on any atom is -0.495 e. The Bertz CT molecular complexity index is 647. The van der Waals surface area contributed by atoms with Gasteiger partial charge in [-0.15, -0.1) is 11.3 Å². The average Bonchev–Trinajstić information content (AvgIpc) is 3.07. The van der Waals surface area contributed by atoms with Gasteiger partial charge in [0.05, 0.1) is 20.3 Å². The van der Waals surface area contributed by atoms with Gasteiger partial charge in [-0.3, -0.25) is 0 Å². The quantitative estimate of drug-likeness (QED) is 0.926. The van der Waals surface area contributed by atoms with Crippen LogP contribution in [0.2, 0.25) is 5.02 Å². The van der Waals surface area contributed by atoms with Crippen molar-refractivity contribution in [1.82, 2.24) is 0 Å². The van der Waals surface area contributed by atoms with Crippen molar-refractivity contribution in [3.8, 4) is 11.5 Å². The molecule has 2 N–H and O–H groups in total. The maximum atomic E-state index is 6.45. The molecule has 1 atom stereocenters. The molecule has 0 spiro atoms. The highest BCUT2D eigenvalue weighted by atomic mass is 35.5. The molecule has 1 aliphatic carbocycles. The second-order valence-electron chi connectivity index (χ2n) is 5.13. The Hall–Kier alpha value is -1.23. The molecule has 1 aliphatic rings. The van der Waals surface area contributed by atoms with Gasteiger partial charge in [-0.25, -0.2) is 0 Å². The van der Waals surface area contributed by atoms with Gasteiger partial charge in [-0.2, -0.15) is 0 Å². The molecule has 3 nitrogen and oxygen atoms in total. The first-order valence-electron chi connectivity index (χ1n) is 6.93. The normalized spacial score (nSPS) is 14.9. The molecule has 0 bridgehead atoms. The lowest BCUT2D eigenvalue weighted by Gasteiger charge is -2.17. The lowest BCUT2D eigenvalue weighted by Crippen LogP contribution is -2.12. The third kappa shape index (κ3) is 2.52. The summed E-state index contributed by atoms with van der Waals surface area (Å²) >= 11 is 8.12. The smallest absolute Gasteiger partial charge is 0.146 e. The largest absolute Gasteiger partial charge is 0.495 e. The highest BCUT2D eigenvalue weighted by molar-refractivity contribution is 7.12. The van der Waals surface area contributed by atoms with Gasteiger partial charge in [0, 0.05) is 15.3 Å². The number of rotatable bonds is 4. The fraction of sp³-hybridized carbons (Fsp3) is 0.375. The van der Waals surface area contributed by atoms with E-state index in [1.165, 1.54) is 34.6 Å². The number of halogens is 1. The van der Waals surface area contributed by atoms with E-state index in [-0.39, 0.29) is 6.04 Å². The van der Waals surface area contributed by atoms with Gasteiger partial charge in [0.2, 0.25) is 0 Å². The molecular weight excluding hydrogens is 306 g/mol. The minimum absolute atomic E-state index is 0.223. The summed E-state index contributed by atoms with van der Waals surface area (Å²) in [6, 6.07) is 5.77. The number of methoxy groups -OCH3 is 2. The fourth-order valence-electron chi connectivity index (χ4n) is 2.82. The van der Waals surface area contributed by atoms with Gasteiger partial charge < -0.3 is 15.2 Å². The summed E-state index contributed by atoms with van der Waals surface area (Å²) < 4.78 is 10.7. The number of nitrogens with two attached hydrogens (primary N) is 1. The first kappa shape index (κ1) is 14.7. The topological polar surface area (TPSA) is 44.5 Å². The zero-order valence-corrected chi connectivity index (χ0v) is 13.7. The summed E-state index contributed by atoms with van der Waals surface area (Å²) in [7, 11) is 3.19. The minimum atomic E-state index is -0.223. The number of hydrogen-bond donors (Lipinski definition) is 1. The summed E-state index contributed by atoms with van der Waals surface area (Å²) in [4.78, 5) is 2.64. The monoisotopic (exact) mass is 323 g/mol. The van der Waals surface area contributed by atoms with Crippen molar-refractivity contribution in [1.29, 1.82) is 0 Å². The molecule has 0 saturated carbocycles. The number of hydrogen-bond acceptors (Lipinski definition) is 4. The van der Waals surface area contributed by atoms with Crippen LogP contribution in [0.3, 0.4) is 0 Å². The van der Waals surface area contributed by atoms with E-state index in [1.807, 2.05) is 12.1 Å². The van der Waals surface area contributed by atoms with Gasteiger partial charge >= 0.3 is 0 Å². The zero-order chi connectivity index (χ0) is 15.0. The van der Waals surface area contributed by atoms with Crippen molar-refractivity contribution in [3.63, 3.8) is 0 Å². The molecule has 5 heteroatoms. The van der Waals surface area contributed by atoms with Crippen LogP contribution in [0.1, 0.15) is 33.3 Å². The molecule has 1 aromatic carbocycles. The fourth-order valence-corrected chi connectivity index (χ4v) is 4.43. The third-order valence-electron chi connectivity index (χ3n) is 3.92. The molecule has 21 heavy (non-hydrogen) atoms. The molecule has 1 heterocycles. The van der Waals surface area contributed by atoms with Crippen LogP contribution in [0.15, 0.2) is 18.2 Å². The standard InChI is InChI=1S/C16H18ClNO2S/c1-19-11-7-6-10(16(20-2)14(11)17)15(18)13-8-9-4-3-5-12(9)21-13/h6-8,15H,3-5,18H2,1-2H3. The number of thiophene rings is 1. The first-order chi connectivity index (χ1) is 10.2. The third-order valence-corrected chi connectivity index (χ3v) is 5.60. The van der Waals surface area contributed by atoms with Gasteiger partial charge in [-0.1, -0.05) is 11.6 Å². The van der Waals surface area contributed by atoms with Crippen molar-refractivity contribution in [3.05, 3.63) is 44.1 Å². The zero-order valence-electron chi connectivity index (χ0n) is 12.1. The lowest BCUT2D eigenvalue weighted by molar-refractivity contribution is 0.390. The van der Waals surface area contributed by atoms with Gasteiger partial charge in [-0.05, 0) is 43.0 Å². The second kappa shape index (κ2) is 5.87. The molecule has 0 amide bonds. The van der Waals surface area contributed by atoms with Crippen molar-refractivity contribution in [2.24, 2.45) is 5.73 Å². The highest BCUT2D eigenvalue weighted by Gasteiger charge is 2.23. The molecular formula is C16H18ClNO2S. The SMILES string of the molecule is COc1ccc(C(N)c2cc3c(s2)CCC3)c(OC)c1Cl. The second-order valence-corrected chi connectivity index (χ2v) is 6.68. The molecule has 0 radical (unpaired) electrons. The number of fused-ring (bicyclic) bond motifs is 1. The van der Waals surface area contributed by atoms with E-state index in [4.69, 9.17) is 26.8 Å². The number of ether oxygens (including phenoxy) is 2. The summed E-state index contributed by atoms with van der Waals surface area (Å²) in [6.45, 7) is 0. The van der Waals surface area contributed by atoms with E-state index in [9.17, 15) is 0 Å². The van der Waals surface area contributed by atoms with Crippen LogP contribution in [0.5, 0.6) is 11.5 Å². The molecule has 0 fully saturated rings. The Labute approximate surface area is 133 Å². The van der Waals surface area contributed by atoms with Gasteiger partial charge in [0.1, 0.15) is 16.5 Å². The maximum Gasteiger partial charge on any atom is 0.146 e. The van der Waals surface area contributed by atoms with Crippen molar-refractivity contribution < 1.29 is 9.47 Å². The van der Waals surface area contributed by atoms with Crippen LogP contribution in [0.4, 0.5) is 0 Å².